The number of hydrogen-bond acceptors (Lipinski definition) is 2. The summed E-state index contributed by atoms with van der Waals surface area (Å²) in [7, 11) is 2.23. The number of thioether (sulfide) groups is 1. The Morgan fingerprint density at radius 2 is 2.14 bits per heavy atom. The fourth-order valence-corrected chi connectivity index (χ4v) is 3.15. The third-order valence-corrected chi connectivity index (χ3v) is 4.17. The molecule has 1 aliphatic heterocycles. The lowest BCUT2D eigenvalue weighted by Crippen LogP contribution is -2.23. The molecular weight excluding hydrogens is 190 g/mol. The largest absolute Gasteiger partial charge is 0.294 e. The molecule has 0 amide bonds. The van der Waals surface area contributed by atoms with Gasteiger partial charge < -0.3 is 0 Å². The lowest BCUT2D eigenvalue weighted by atomic mass is 10.1. The van der Waals surface area contributed by atoms with Crippen LogP contribution in [0.5, 0.6) is 0 Å². The van der Waals surface area contributed by atoms with Crippen LogP contribution in [0.2, 0.25) is 0 Å². The van der Waals surface area contributed by atoms with E-state index in [1.165, 1.54) is 30.7 Å². The number of nitrogens with zero attached hydrogens (tertiary/aromatic N) is 1. The maximum atomic E-state index is 2.47. The fraction of sp³-hybridized carbons (Fsp3) is 0.500. The van der Waals surface area contributed by atoms with Crippen molar-refractivity contribution in [2.75, 3.05) is 19.3 Å². The van der Waals surface area contributed by atoms with Gasteiger partial charge in [0.15, 0.2) is 0 Å². The molecule has 0 N–H and O–H groups in total. The van der Waals surface area contributed by atoms with E-state index in [0.29, 0.717) is 0 Å². The van der Waals surface area contributed by atoms with Gasteiger partial charge in [0.2, 0.25) is 0 Å². The first-order valence-electron chi connectivity index (χ1n) is 5.22. The van der Waals surface area contributed by atoms with Crippen LogP contribution in [-0.2, 0) is 6.42 Å². The van der Waals surface area contributed by atoms with Crippen LogP contribution >= 0.6 is 11.8 Å². The summed E-state index contributed by atoms with van der Waals surface area (Å²) in [5.74, 6) is 1.30. The van der Waals surface area contributed by atoms with Crippen molar-refractivity contribution >= 4 is 11.8 Å². The minimum absolute atomic E-state index is 0.746. The van der Waals surface area contributed by atoms with Gasteiger partial charge in [-0.2, -0.15) is 0 Å². The summed E-state index contributed by atoms with van der Waals surface area (Å²) >= 11 is 2.10. The Kier molecular flexibility index (Phi) is 3.49. The van der Waals surface area contributed by atoms with Crippen LogP contribution in [0.15, 0.2) is 30.3 Å². The molecule has 1 aromatic carbocycles. The van der Waals surface area contributed by atoms with Crippen LogP contribution in [0, 0.1) is 0 Å². The van der Waals surface area contributed by atoms with Gasteiger partial charge in [-0.25, -0.2) is 0 Å². The van der Waals surface area contributed by atoms with Gasteiger partial charge in [0.05, 0.1) is 5.37 Å². The summed E-state index contributed by atoms with van der Waals surface area (Å²) in [6.45, 7) is 1.25. The zero-order chi connectivity index (χ0) is 9.80. The van der Waals surface area contributed by atoms with Crippen molar-refractivity contribution in [1.82, 2.24) is 4.90 Å². The molecule has 1 aromatic rings. The molecule has 1 heterocycles. The molecule has 1 nitrogen and oxygen atoms in total. The summed E-state index contributed by atoms with van der Waals surface area (Å²) in [5.41, 5.74) is 1.47. The van der Waals surface area contributed by atoms with E-state index in [4.69, 9.17) is 0 Å². The van der Waals surface area contributed by atoms with Crippen molar-refractivity contribution in [3.8, 4) is 0 Å². The Bertz CT molecular complexity index is 273. The average Bonchev–Trinajstić information content (AvgIpc) is 2.63. The SMILES string of the molecule is CN1CCSC1CCc1ccccc1. The third-order valence-electron chi connectivity index (χ3n) is 2.77. The van der Waals surface area contributed by atoms with Crippen LogP contribution in [0.25, 0.3) is 0 Å². The van der Waals surface area contributed by atoms with Gasteiger partial charge >= 0.3 is 0 Å². The minimum Gasteiger partial charge on any atom is -0.294 e. The van der Waals surface area contributed by atoms with Crippen molar-refractivity contribution in [2.24, 2.45) is 0 Å². The molecule has 2 rings (SSSR count). The summed E-state index contributed by atoms with van der Waals surface area (Å²) in [6, 6.07) is 10.8. The highest BCUT2D eigenvalue weighted by atomic mass is 32.2. The lowest BCUT2D eigenvalue weighted by Gasteiger charge is -2.17. The Labute approximate surface area is 90.5 Å². The highest BCUT2D eigenvalue weighted by molar-refractivity contribution is 8.00. The molecular formula is C12H17NS. The van der Waals surface area contributed by atoms with E-state index < -0.39 is 0 Å². The second kappa shape index (κ2) is 4.85. The van der Waals surface area contributed by atoms with Gasteiger partial charge in [0, 0.05) is 12.3 Å². The van der Waals surface area contributed by atoms with E-state index in [9.17, 15) is 0 Å². The van der Waals surface area contributed by atoms with E-state index in [2.05, 4.69) is 54.0 Å². The first-order valence-corrected chi connectivity index (χ1v) is 6.27. The molecule has 0 aromatic heterocycles. The van der Waals surface area contributed by atoms with Crippen molar-refractivity contribution in [2.45, 2.75) is 18.2 Å². The van der Waals surface area contributed by atoms with Crippen LogP contribution in [0.4, 0.5) is 0 Å². The molecule has 0 aliphatic carbocycles. The maximum Gasteiger partial charge on any atom is 0.0558 e. The van der Waals surface area contributed by atoms with Crippen molar-refractivity contribution < 1.29 is 0 Å². The van der Waals surface area contributed by atoms with Crippen LogP contribution in [0.3, 0.4) is 0 Å². The standard InChI is InChI=1S/C12H17NS/c1-13-9-10-14-12(13)8-7-11-5-3-2-4-6-11/h2-6,12H,7-10H2,1H3. The van der Waals surface area contributed by atoms with Gasteiger partial charge in [0.25, 0.3) is 0 Å². The average molecular weight is 207 g/mol. The molecule has 1 fully saturated rings. The Morgan fingerprint density at radius 3 is 2.79 bits per heavy atom. The van der Waals surface area contributed by atoms with Crippen LogP contribution in [0.1, 0.15) is 12.0 Å². The molecule has 2 heteroatoms. The highest BCUT2D eigenvalue weighted by Crippen LogP contribution is 2.25. The van der Waals surface area contributed by atoms with E-state index in [-0.39, 0.29) is 0 Å². The quantitative estimate of drug-likeness (QED) is 0.749. The Balaban J connectivity index is 1.82. The first kappa shape index (κ1) is 10.1. The zero-order valence-electron chi connectivity index (χ0n) is 8.65. The van der Waals surface area contributed by atoms with Crippen LogP contribution in [-0.4, -0.2) is 29.6 Å². The smallest absolute Gasteiger partial charge is 0.0558 e. The zero-order valence-corrected chi connectivity index (χ0v) is 9.46. The third kappa shape index (κ3) is 2.52. The van der Waals surface area contributed by atoms with Crippen molar-refractivity contribution in [3.05, 3.63) is 35.9 Å². The second-order valence-corrected chi connectivity index (χ2v) is 5.12. The van der Waals surface area contributed by atoms with E-state index in [1.54, 1.807) is 0 Å². The van der Waals surface area contributed by atoms with Crippen molar-refractivity contribution in [1.29, 1.82) is 0 Å². The molecule has 76 valence electrons. The molecule has 1 saturated heterocycles. The molecule has 14 heavy (non-hydrogen) atoms. The predicted octanol–water partition coefficient (Wildman–Crippen LogP) is 2.62. The second-order valence-electron chi connectivity index (χ2n) is 3.83. The predicted molar refractivity (Wildman–Crippen MR) is 63.6 cm³/mol. The molecule has 0 spiro atoms. The topological polar surface area (TPSA) is 3.24 Å². The number of benzene rings is 1. The van der Waals surface area contributed by atoms with Gasteiger partial charge in [-0.1, -0.05) is 30.3 Å². The summed E-state index contributed by atoms with van der Waals surface area (Å²) in [6.07, 6.45) is 2.49. The molecule has 0 radical (unpaired) electrons. The molecule has 0 bridgehead atoms. The van der Waals surface area contributed by atoms with E-state index >= 15 is 0 Å². The summed E-state index contributed by atoms with van der Waals surface area (Å²) in [4.78, 5) is 2.47. The lowest BCUT2D eigenvalue weighted by molar-refractivity contribution is 0.339. The summed E-state index contributed by atoms with van der Waals surface area (Å²) in [5, 5.41) is 0.746. The molecule has 0 saturated carbocycles. The van der Waals surface area contributed by atoms with Crippen LogP contribution < -0.4 is 0 Å². The first-order chi connectivity index (χ1) is 6.86. The Morgan fingerprint density at radius 1 is 1.36 bits per heavy atom. The fourth-order valence-electron chi connectivity index (χ4n) is 1.84. The van der Waals surface area contributed by atoms with E-state index in [1.807, 2.05) is 0 Å². The number of aryl methyl sites for hydroxylation is 1. The molecule has 1 unspecified atom stereocenters. The Hall–Kier alpha value is -0.470. The maximum absolute atomic E-state index is 2.47. The monoisotopic (exact) mass is 207 g/mol. The van der Waals surface area contributed by atoms with Gasteiger partial charge in [-0.05, 0) is 25.5 Å². The normalized spacial score (nSPS) is 22.8. The molecule has 1 atom stereocenters. The highest BCUT2D eigenvalue weighted by Gasteiger charge is 2.20. The van der Waals surface area contributed by atoms with Gasteiger partial charge in [-0.15, -0.1) is 11.8 Å². The molecule has 1 aliphatic rings. The number of hydrogen-bond donors (Lipinski definition) is 0. The number of rotatable bonds is 3. The van der Waals surface area contributed by atoms with Gasteiger partial charge in [-0.3, -0.25) is 4.90 Å². The van der Waals surface area contributed by atoms with E-state index in [0.717, 1.165) is 5.37 Å². The summed E-state index contributed by atoms with van der Waals surface area (Å²) < 4.78 is 0. The van der Waals surface area contributed by atoms with Crippen molar-refractivity contribution in [3.63, 3.8) is 0 Å². The van der Waals surface area contributed by atoms with Gasteiger partial charge in [0.1, 0.15) is 0 Å². The minimum atomic E-state index is 0.746.